The number of hydrogen-bond acceptors (Lipinski definition) is 5. The molecule has 1 atom stereocenters. The molecule has 1 aromatic carbocycles. The number of nitrogens with zero attached hydrogens (tertiary/aromatic N) is 3. The van der Waals surface area contributed by atoms with Gasteiger partial charge in [0.1, 0.15) is 5.82 Å². The third-order valence-corrected chi connectivity index (χ3v) is 4.34. The van der Waals surface area contributed by atoms with E-state index in [-0.39, 0.29) is 5.82 Å². The van der Waals surface area contributed by atoms with Crippen molar-refractivity contribution in [3.63, 3.8) is 0 Å². The minimum absolute atomic E-state index is 0.302. The van der Waals surface area contributed by atoms with Crippen molar-refractivity contribution in [3.8, 4) is 0 Å². The molecule has 120 valence electrons. The number of benzene rings is 1. The number of nitrogens with one attached hydrogen (secondary N) is 1. The first kappa shape index (κ1) is 15.4. The molecule has 8 heteroatoms. The molecule has 0 fully saturated rings. The number of amides is 1. The third kappa shape index (κ3) is 3.65. The molecular weight excluding hydrogens is 317 g/mol. The average Bonchev–Trinajstić information content (AvgIpc) is 3.01. The fourth-order valence-electron chi connectivity index (χ4n) is 2.27. The van der Waals surface area contributed by atoms with Gasteiger partial charge in [-0.05, 0) is 31.0 Å². The van der Waals surface area contributed by atoms with Gasteiger partial charge in [0.2, 0.25) is 16.0 Å². The van der Waals surface area contributed by atoms with E-state index in [0.717, 1.165) is 16.2 Å². The number of anilines is 1. The molecule has 6 nitrogen and oxygen atoms in total. The predicted molar refractivity (Wildman–Crippen MR) is 86.9 cm³/mol. The maximum Gasteiger partial charge on any atom is 0.222 e. The minimum Gasteiger partial charge on any atom is -0.369 e. The Bertz CT molecular complexity index is 795. The minimum atomic E-state index is -0.404. The van der Waals surface area contributed by atoms with E-state index in [0.29, 0.717) is 18.1 Å². The second-order valence-corrected chi connectivity index (χ2v) is 6.28. The lowest BCUT2D eigenvalue weighted by molar-refractivity contribution is -0.121. The summed E-state index contributed by atoms with van der Waals surface area (Å²) in [6, 6.07) is 6.06. The molecule has 2 heterocycles. The molecule has 3 rings (SSSR count). The SMILES string of the molecule is Cc1cn2nc(NC[C@H](Cc3ccc(F)cc3)C(N)=O)sc2n1. The van der Waals surface area contributed by atoms with Crippen LogP contribution in [0.15, 0.2) is 30.5 Å². The van der Waals surface area contributed by atoms with Crippen molar-refractivity contribution in [2.24, 2.45) is 11.7 Å². The standard InChI is InChI=1S/C15H16FN5OS/c1-9-8-21-15(19-9)23-14(20-21)18-7-11(13(17)22)6-10-2-4-12(16)5-3-10/h2-5,8,11H,6-7H2,1H3,(H2,17,22)(H,18,20)/t11-/m0/s1. The van der Waals surface area contributed by atoms with Gasteiger partial charge >= 0.3 is 0 Å². The Morgan fingerprint density at radius 2 is 2.17 bits per heavy atom. The van der Waals surface area contributed by atoms with E-state index in [1.54, 1.807) is 16.6 Å². The van der Waals surface area contributed by atoms with Crippen LogP contribution in [0, 0.1) is 18.7 Å². The van der Waals surface area contributed by atoms with Gasteiger partial charge in [-0.3, -0.25) is 4.79 Å². The summed E-state index contributed by atoms with van der Waals surface area (Å²) in [5, 5.41) is 8.15. The first-order valence-electron chi connectivity index (χ1n) is 7.11. The van der Waals surface area contributed by atoms with Gasteiger partial charge in [0, 0.05) is 6.54 Å². The monoisotopic (exact) mass is 333 g/mol. The Morgan fingerprint density at radius 1 is 1.43 bits per heavy atom. The summed E-state index contributed by atoms with van der Waals surface area (Å²) in [7, 11) is 0. The van der Waals surface area contributed by atoms with Crippen LogP contribution in [0.4, 0.5) is 9.52 Å². The highest BCUT2D eigenvalue weighted by Gasteiger charge is 2.17. The molecule has 0 aliphatic heterocycles. The molecular formula is C15H16FN5OS. The largest absolute Gasteiger partial charge is 0.369 e. The molecule has 0 saturated heterocycles. The number of aromatic nitrogens is 3. The van der Waals surface area contributed by atoms with Crippen molar-refractivity contribution in [2.45, 2.75) is 13.3 Å². The second-order valence-electron chi connectivity index (χ2n) is 5.33. The second kappa shape index (κ2) is 6.33. The Morgan fingerprint density at radius 3 is 2.83 bits per heavy atom. The van der Waals surface area contributed by atoms with Crippen molar-refractivity contribution >= 4 is 27.3 Å². The van der Waals surface area contributed by atoms with Crippen LogP contribution in [-0.2, 0) is 11.2 Å². The number of imidazole rings is 1. The molecule has 3 N–H and O–H groups in total. The molecule has 0 saturated carbocycles. The Labute approximate surface area is 136 Å². The van der Waals surface area contributed by atoms with Gasteiger partial charge in [0.15, 0.2) is 0 Å². The van der Waals surface area contributed by atoms with Gasteiger partial charge in [-0.15, -0.1) is 5.10 Å². The van der Waals surface area contributed by atoms with Crippen LogP contribution in [-0.4, -0.2) is 27.0 Å². The number of carbonyl (C=O) groups excluding carboxylic acids is 1. The normalized spacial score (nSPS) is 12.4. The predicted octanol–water partition coefficient (Wildman–Crippen LogP) is 1.99. The number of aryl methyl sites for hydroxylation is 1. The summed E-state index contributed by atoms with van der Waals surface area (Å²) in [6.07, 6.45) is 2.28. The van der Waals surface area contributed by atoms with E-state index in [2.05, 4.69) is 15.4 Å². The number of nitrogens with two attached hydrogens (primary N) is 1. The summed E-state index contributed by atoms with van der Waals surface area (Å²) in [4.78, 5) is 16.7. The van der Waals surface area contributed by atoms with E-state index < -0.39 is 11.8 Å². The lowest BCUT2D eigenvalue weighted by atomic mass is 9.99. The highest BCUT2D eigenvalue weighted by atomic mass is 32.1. The van der Waals surface area contributed by atoms with Gasteiger partial charge in [-0.2, -0.15) is 0 Å². The number of hydrogen-bond donors (Lipinski definition) is 2. The zero-order chi connectivity index (χ0) is 16.4. The summed E-state index contributed by atoms with van der Waals surface area (Å²) in [5.41, 5.74) is 7.23. The van der Waals surface area contributed by atoms with Gasteiger partial charge in [0.05, 0.1) is 17.8 Å². The third-order valence-electron chi connectivity index (χ3n) is 3.46. The molecule has 0 aliphatic carbocycles. The highest BCUT2D eigenvalue weighted by Crippen LogP contribution is 2.20. The number of halogens is 1. The molecule has 0 bridgehead atoms. The van der Waals surface area contributed by atoms with Crippen molar-refractivity contribution < 1.29 is 9.18 Å². The van der Waals surface area contributed by atoms with Gasteiger partial charge in [-0.25, -0.2) is 13.9 Å². The van der Waals surface area contributed by atoms with Crippen molar-refractivity contribution in [1.82, 2.24) is 14.6 Å². The lowest BCUT2D eigenvalue weighted by Crippen LogP contribution is -2.31. The Hall–Kier alpha value is -2.48. The lowest BCUT2D eigenvalue weighted by Gasteiger charge is -2.13. The number of primary amides is 1. The van der Waals surface area contributed by atoms with E-state index in [1.807, 2.05) is 13.1 Å². The summed E-state index contributed by atoms with van der Waals surface area (Å²) in [6.45, 7) is 2.27. The molecule has 23 heavy (non-hydrogen) atoms. The van der Waals surface area contributed by atoms with Crippen molar-refractivity contribution in [2.75, 3.05) is 11.9 Å². The fraction of sp³-hybridized carbons (Fsp3) is 0.267. The number of carbonyl (C=O) groups is 1. The quantitative estimate of drug-likeness (QED) is 0.722. The smallest absolute Gasteiger partial charge is 0.222 e. The van der Waals surface area contributed by atoms with Crippen LogP contribution < -0.4 is 11.1 Å². The zero-order valence-corrected chi connectivity index (χ0v) is 13.3. The van der Waals surface area contributed by atoms with Gasteiger partial charge < -0.3 is 11.1 Å². The highest BCUT2D eigenvalue weighted by molar-refractivity contribution is 7.20. The van der Waals surface area contributed by atoms with Crippen LogP contribution in [0.2, 0.25) is 0 Å². The van der Waals surface area contributed by atoms with Crippen LogP contribution >= 0.6 is 11.3 Å². The van der Waals surface area contributed by atoms with E-state index >= 15 is 0 Å². The van der Waals surface area contributed by atoms with Crippen LogP contribution in [0.25, 0.3) is 4.96 Å². The summed E-state index contributed by atoms with van der Waals surface area (Å²) >= 11 is 1.41. The van der Waals surface area contributed by atoms with Gasteiger partial charge in [0.25, 0.3) is 0 Å². The van der Waals surface area contributed by atoms with Crippen molar-refractivity contribution in [1.29, 1.82) is 0 Å². The summed E-state index contributed by atoms with van der Waals surface area (Å²) in [5.74, 6) is -1.11. The molecule has 3 aromatic rings. The van der Waals surface area contributed by atoms with E-state index in [1.165, 1.54) is 23.5 Å². The first-order valence-corrected chi connectivity index (χ1v) is 7.93. The summed E-state index contributed by atoms with van der Waals surface area (Å²) < 4.78 is 14.6. The zero-order valence-electron chi connectivity index (χ0n) is 12.5. The molecule has 0 aliphatic rings. The van der Waals surface area contributed by atoms with Crippen LogP contribution in [0.5, 0.6) is 0 Å². The molecule has 0 spiro atoms. The van der Waals surface area contributed by atoms with E-state index in [4.69, 9.17) is 5.73 Å². The topological polar surface area (TPSA) is 85.3 Å². The Balaban J connectivity index is 1.65. The number of fused-ring (bicyclic) bond motifs is 1. The van der Waals surface area contributed by atoms with Crippen molar-refractivity contribution in [3.05, 3.63) is 47.5 Å². The van der Waals surface area contributed by atoms with E-state index in [9.17, 15) is 9.18 Å². The van der Waals surface area contributed by atoms with Crippen LogP contribution in [0.3, 0.4) is 0 Å². The maximum atomic E-state index is 12.9. The number of rotatable bonds is 6. The Kier molecular flexibility index (Phi) is 4.24. The van der Waals surface area contributed by atoms with Gasteiger partial charge in [-0.1, -0.05) is 23.5 Å². The first-order chi connectivity index (χ1) is 11.0. The molecule has 0 radical (unpaired) electrons. The van der Waals surface area contributed by atoms with Crippen LogP contribution in [0.1, 0.15) is 11.3 Å². The molecule has 1 amide bonds. The average molecular weight is 333 g/mol. The fourth-order valence-corrected chi connectivity index (χ4v) is 3.10. The maximum absolute atomic E-state index is 12.9. The molecule has 0 unspecified atom stereocenters. The molecule has 2 aromatic heterocycles.